The molecule has 0 aliphatic heterocycles. The van der Waals surface area contributed by atoms with Gasteiger partial charge < -0.3 is 14.2 Å². The van der Waals surface area contributed by atoms with Gasteiger partial charge in [0.2, 0.25) is 0 Å². The Morgan fingerprint density at radius 2 is 2.08 bits per heavy atom. The molecule has 0 amide bonds. The van der Waals surface area contributed by atoms with E-state index in [4.69, 9.17) is 20.6 Å². The number of rotatable bonds is 5. The second-order valence-electron chi connectivity index (χ2n) is 6.29. The zero-order chi connectivity index (χ0) is 18.6. The van der Waals surface area contributed by atoms with Crippen molar-refractivity contribution >= 4 is 11.5 Å². The summed E-state index contributed by atoms with van der Waals surface area (Å²) in [6.07, 6.45) is 5.81. The van der Waals surface area contributed by atoms with E-state index in [2.05, 4.69) is 19.8 Å². The second kappa shape index (κ2) is 7.32. The lowest BCUT2D eigenvalue weighted by Crippen LogP contribution is -2.12. The normalized spacial score (nSPS) is 16.2. The molecule has 1 aliphatic rings. The Hall–Kier alpha value is -2.92. The quantitative estimate of drug-likeness (QED) is 0.356. The van der Waals surface area contributed by atoms with Crippen LogP contribution in [0.5, 0.6) is 11.5 Å². The van der Waals surface area contributed by atoms with Gasteiger partial charge in [0.05, 0.1) is 13.7 Å². The molecule has 0 spiro atoms. The maximum atomic E-state index is 12.2. The van der Waals surface area contributed by atoms with Crippen molar-refractivity contribution in [3.63, 3.8) is 0 Å². The van der Waals surface area contributed by atoms with Crippen molar-refractivity contribution in [3.05, 3.63) is 28.8 Å². The maximum absolute atomic E-state index is 12.2. The highest BCUT2D eigenvalue weighted by molar-refractivity contribution is 6.03. The highest BCUT2D eigenvalue weighted by Crippen LogP contribution is 2.50. The maximum Gasteiger partial charge on any atom is 0.349 e. The first-order valence-electron chi connectivity index (χ1n) is 7.99. The molecule has 0 fully saturated rings. The summed E-state index contributed by atoms with van der Waals surface area (Å²) in [5, 5.41) is 9.50. The van der Waals surface area contributed by atoms with Crippen LogP contribution in [0.3, 0.4) is 0 Å². The standard InChI is InChI=1S/C20H21NO4/c1-6-8-25-18-9-13-14(15(12-21)19(22)24-7-2)11-20(3,4)16(13)10-17(18)23-5/h1,9-10H,7-8,11H2,2-5H3. The Labute approximate surface area is 148 Å². The number of esters is 1. The fourth-order valence-corrected chi connectivity index (χ4v) is 3.06. The third kappa shape index (κ3) is 3.46. The van der Waals surface area contributed by atoms with Crippen molar-refractivity contribution in [2.75, 3.05) is 20.3 Å². The van der Waals surface area contributed by atoms with Gasteiger partial charge in [-0.3, -0.25) is 0 Å². The topological polar surface area (TPSA) is 68.5 Å². The molecule has 0 radical (unpaired) electrons. The van der Waals surface area contributed by atoms with E-state index in [9.17, 15) is 10.1 Å². The Balaban J connectivity index is 2.67. The van der Waals surface area contributed by atoms with Crippen molar-refractivity contribution < 1.29 is 19.0 Å². The summed E-state index contributed by atoms with van der Waals surface area (Å²) in [6, 6.07) is 5.67. The van der Waals surface area contributed by atoms with Gasteiger partial charge in [0.25, 0.3) is 0 Å². The van der Waals surface area contributed by atoms with Crippen LogP contribution in [0.25, 0.3) is 5.57 Å². The average molecular weight is 339 g/mol. The fourth-order valence-electron chi connectivity index (χ4n) is 3.06. The van der Waals surface area contributed by atoms with Crippen molar-refractivity contribution in [3.8, 4) is 29.9 Å². The molecule has 0 unspecified atom stereocenters. The van der Waals surface area contributed by atoms with Gasteiger partial charge in [-0.2, -0.15) is 5.26 Å². The predicted octanol–water partition coefficient (Wildman–Crippen LogP) is 3.23. The molecule has 5 heteroatoms. The van der Waals surface area contributed by atoms with Crippen LogP contribution < -0.4 is 9.47 Å². The monoisotopic (exact) mass is 339 g/mol. The molecule has 2 rings (SSSR count). The molecule has 0 bridgehead atoms. The Bertz CT molecular complexity index is 806. The van der Waals surface area contributed by atoms with Crippen LogP contribution in [0, 0.1) is 23.7 Å². The molecule has 0 saturated heterocycles. The summed E-state index contributed by atoms with van der Waals surface area (Å²) in [5.74, 6) is 2.86. The lowest BCUT2D eigenvalue weighted by Gasteiger charge is -2.20. The number of methoxy groups -OCH3 is 1. The summed E-state index contributed by atoms with van der Waals surface area (Å²) >= 11 is 0. The van der Waals surface area contributed by atoms with Crippen molar-refractivity contribution in [2.45, 2.75) is 32.6 Å². The smallest absolute Gasteiger partial charge is 0.349 e. The number of ether oxygens (including phenoxy) is 3. The third-order valence-corrected chi connectivity index (χ3v) is 4.18. The number of fused-ring (bicyclic) bond motifs is 1. The highest BCUT2D eigenvalue weighted by Gasteiger charge is 2.37. The van der Waals surface area contributed by atoms with Crippen molar-refractivity contribution in [1.29, 1.82) is 5.26 Å². The van der Waals surface area contributed by atoms with Crippen LogP contribution >= 0.6 is 0 Å². The molecule has 0 heterocycles. The largest absolute Gasteiger partial charge is 0.493 e. The molecule has 1 aromatic rings. The second-order valence-corrected chi connectivity index (χ2v) is 6.29. The van der Waals surface area contributed by atoms with Gasteiger partial charge in [-0.15, -0.1) is 6.42 Å². The van der Waals surface area contributed by atoms with Gasteiger partial charge in [-0.1, -0.05) is 19.8 Å². The number of hydrogen-bond acceptors (Lipinski definition) is 5. The van der Waals surface area contributed by atoms with Crippen molar-refractivity contribution in [2.24, 2.45) is 0 Å². The molecule has 1 aliphatic carbocycles. The van der Waals surface area contributed by atoms with Crippen molar-refractivity contribution in [1.82, 2.24) is 0 Å². The van der Waals surface area contributed by atoms with Crippen LogP contribution in [0.4, 0.5) is 0 Å². The minimum Gasteiger partial charge on any atom is -0.493 e. The lowest BCUT2D eigenvalue weighted by molar-refractivity contribution is -0.137. The molecule has 5 nitrogen and oxygen atoms in total. The molecule has 0 N–H and O–H groups in total. The number of nitriles is 1. The number of nitrogens with zero attached hydrogens (tertiary/aromatic N) is 1. The van der Waals surface area contributed by atoms with Crippen LogP contribution in [-0.4, -0.2) is 26.3 Å². The van der Waals surface area contributed by atoms with E-state index in [0.29, 0.717) is 23.5 Å². The van der Waals surface area contributed by atoms with E-state index in [0.717, 1.165) is 11.1 Å². The fraction of sp³-hybridized carbons (Fsp3) is 0.400. The zero-order valence-electron chi connectivity index (χ0n) is 14.9. The average Bonchev–Trinajstić information content (AvgIpc) is 2.83. The van der Waals surface area contributed by atoms with E-state index < -0.39 is 5.97 Å². The van der Waals surface area contributed by atoms with E-state index in [-0.39, 0.29) is 24.2 Å². The van der Waals surface area contributed by atoms with Gasteiger partial charge in [-0.25, -0.2) is 4.79 Å². The molecule has 0 aromatic heterocycles. The number of hydrogen-bond donors (Lipinski definition) is 0. The van der Waals surface area contributed by atoms with Crippen LogP contribution in [0.2, 0.25) is 0 Å². The highest BCUT2D eigenvalue weighted by atomic mass is 16.5. The van der Waals surface area contributed by atoms with Gasteiger partial charge in [0.1, 0.15) is 18.2 Å². The molecule has 1 aromatic carbocycles. The van der Waals surface area contributed by atoms with Gasteiger partial charge >= 0.3 is 5.97 Å². The van der Waals surface area contributed by atoms with E-state index >= 15 is 0 Å². The summed E-state index contributed by atoms with van der Waals surface area (Å²) in [5.41, 5.74) is 2.22. The summed E-state index contributed by atoms with van der Waals surface area (Å²) in [4.78, 5) is 12.2. The van der Waals surface area contributed by atoms with Gasteiger partial charge in [0.15, 0.2) is 11.5 Å². The van der Waals surface area contributed by atoms with Gasteiger partial charge in [0, 0.05) is 0 Å². The summed E-state index contributed by atoms with van der Waals surface area (Å²) < 4.78 is 16.0. The lowest BCUT2D eigenvalue weighted by atomic mass is 9.86. The molecule has 25 heavy (non-hydrogen) atoms. The molecule has 0 saturated carbocycles. The number of carbonyl (C=O) groups is 1. The zero-order valence-corrected chi connectivity index (χ0v) is 14.9. The SMILES string of the molecule is C#CCOc1cc2c(cc1OC)C(C)(C)CC2=C(C#N)C(=O)OCC. The molecule has 130 valence electrons. The minimum absolute atomic E-state index is 0.0294. The van der Waals surface area contributed by atoms with E-state index in [1.165, 1.54) is 0 Å². The van der Waals surface area contributed by atoms with Crippen LogP contribution in [0.1, 0.15) is 38.3 Å². The minimum atomic E-state index is -0.606. The predicted molar refractivity (Wildman–Crippen MR) is 94.1 cm³/mol. The third-order valence-electron chi connectivity index (χ3n) is 4.18. The number of terminal acetylenes is 1. The van der Waals surface area contributed by atoms with Crippen LogP contribution in [0.15, 0.2) is 17.7 Å². The molecule has 0 atom stereocenters. The van der Waals surface area contributed by atoms with E-state index in [1.54, 1.807) is 20.1 Å². The number of benzene rings is 1. The first-order valence-corrected chi connectivity index (χ1v) is 7.99. The molecular weight excluding hydrogens is 318 g/mol. The van der Waals surface area contributed by atoms with Crippen LogP contribution in [-0.2, 0) is 14.9 Å². The first-order chi connectivity index (χ1) is 11.9. The Morgan fingerprint density at radius 1 is 1.36 bits per heavy atom. The van der Waals surface area contributed by atoms with Gasteiger partial charge in [-0.05, 0) is 47.6 Å². The van der Waals surface area contributed by atoms with E-state index in [1.807, 2.05) is 12.1 Å². The number of carbonyl (C=O) groups excluding carboxylic acids is 1. The Morgan fingerprint density at radius 3 is 2.64 bits per heavy atom. The molecular formula is C20H21NO4. The summed E-state index contributed by atoms with van der Waals surface area (Å²) in [6.45, 7) is 6.13. The summed E-state index contributed by atoms with van der Waals surface area (Å²) in [7, 11) is 1.56. The number of allylic oxidation sites excluding steroid dienone is 1. The Kier molecular flexibility index (Phi) is 5.39. The first kappa shape index (κ1) is 18.4.